The molecule has 1 rings (SSSR count). The predicted octanol–water partition coefficient (Wildman–Crippen LogP) is 2.67. The molecule has 0 radical (unpaired) electrons. The lowest BCUT2D eigenvalue weighted by molar-refractivity contribution is 1.20. The van der Waals surface area contributed by atoms with Gasteiger partial charge in [-0.15, -0.1) is 0 Å². The van der Waals surface area contributed by atoms with Crippen LogP contribution in [0.25, 0.3) is 0 Å². The van der Waals surface area contributed by atoms with Gasteiger partial charge in [0.15, 0.2) is 0 Å². The van der Waals surface area contributed by atoms with Crippen LogP contribution in [0, 0.1) is 6.92 Å². The van der Waals surface area contributed by atoms with Crippen molar-refractivity contribution in [3.63, 3.8) is 0 Å². The Morgan fingerprint density at radius 3 is 2.70 bits per heavy atom. The first-order valence-corrected chi connectivity index (χ1v) is 3.64. The predicted molar refractivity (Wildman–Crippen MR) is 47.5 cm³/mol. The molecular formula is C9H15N. The van der Waals surface area contributed by atoms with Crippen LogP contribution in [0.5, 0.6) is 0 Å². The number of nitrogens with one attached hydrogen (secondary N) is 1. The average molecular weight is 137 g/mol. The Hall–Kier alpha value is -0.980. The van der Waals surface area contributed by atoms with Gasteiger partial charge in [0.2, 0.25) is 0 Å². The smallest absolute Gasteiger partial charge is 0.0369 e. The number of rotatable bonds is 2. The molecule has 10 heavy (non-hydrogen) atoms. The maximum atomic E-state index is 3.28. The summed E-state index contributed by atoms with van der Waals surface area (Å²) in [6.07, 6.45) is 0. The quantitative estimate of drug-likeness (QED) is 0.660. The number of benzene rings is 1. The summed E-state index contributed by atoms with van der Waals surface area (Å²) in [4.78, 5) is 0. The van der Waals surface area contributed by atoms with E-state index in [9.17, 15) is 0 Å². The van der Waals surface area contributed by atoms with Crippen molar-refractivity contribution < 1.29 is 1.43 Å². The Balaban J connectivity index is 0.000001000. The Kier molecular flexibility index (Phi) is 2.32. The third kappa shape index (κ3) is 1.50. The number of aryl methyl sites for hydroxylation is 1. The third-order valence-corrected chi connectivity index (χ3v) is 1.51. The molecule has 1 aromatic rings. The topological polar surface area (TPSA) is 12.0 Å². The molecule has 56 valence electrons. The minimum Gasteiger partial charge on any atom is -0.385 e. The minimum absolute atomic E-state index is 0. The molecule has 0 bridgehead atoms. The molecule has 0 amide bonds. The van der Waals surface area contributed by atoms with Gasteiger partial charge in [-0.05, 0) is 25.5 Å². The van der Waals surface area contributed by atoms with Crippen LogP contribution < -0.4 is 5.32 Å². The van der Waals surface area contributed by atoms with E-state index in [1.807, 2.05) is 6.07 Å². The number of hydrogen-bond donors (Lipinski definition) is 1. The van der Waals surface area contributed by atoms with Crippen LogP contribution in [0.3, 0.4) is 0 Å². The largest absolute Gasteiger partial charge is 0.385 e. The molecule has 0 aromatic heterocycles. The van der Waals surface area contributed by atoms with Crippen LogP contribution in [0.15, 0.2) is 24.3 Å². The molecule has 0 saturated heterocycles. The summed E-state index contributed by atoms with van der Waals surface area (Å²) in [5.41, 5.74) is 2.55. The van der Waals surface area contributed by atoms with E-state index in [-0.39, 0.29) is 1.43 Å². The van der Waals surface area contributed by atoms with Gasteiger partial charge in [-0.25, -0.2) is 0 Å². The summed E-state index contributed by atoms with van der Waals surface area (Å²) in [6.45, 7) is 5.20. The van der Waals surface area contributed by atoms with Gasteiger partial charge in [0.1, 0.15) is 0 Å². The molecule has 0 fully saturated rings. The lowest BCUT2D eigenvalue weighted by atomic mass is 10.2. The zero-order valence-electron chi connectivity index (χ0n) is 6.52. The zero-order valence-corrected chi connectivity index (χ0v) is 6.52. The fourth-order valence-electron chi connectivity index (χ4n) is 0.962. The first-order chi connectivity index (χ1) is 4.84. The van der Waals surface area contributed by atoms with Crippen LogP contribution in [-0.2, 0) is 0 Å². The van der Waals surface area contributed by atoms with Crippen LogP contribution in [0.2, 0.25) is 0 Å². The van der Waals surface area contributed by atoms with Crippen LogP contribution in [-0.4, -0.2) is 6.54 Å². The summed E-state index contributed by atoms with van der Waals surface area (Å²) in [5, 5.41) is 3.28. The Morgan fingerprint density at radius 2 is 2.10 bits per heavy atom. The Morgan fingerprint density at radius 1 is 1.40 bits per heavy atom. The lowest BCUT2D eigenvalue weighted by Crippen LogP contribution is -1.97. The maximum absolute atomic E-state index is 3.28. The van der Waals surface area contributed by atoms with Gasteiger partial charge in [-0.1, -0.05) is 18.2 Å². The Bertz CT molecular complexity index is 210. The van der Waals surface area contributed by atoms with Gasteiger partial charge in [0.05, 0.1) is 0 Å². The van der Waals surface area contributed by atoms with Crippen molar-refractivity contribution in [1.29, 1.82) is 0 Å². The molecule has 0 heterocycles. The van der Waals surface area contributed by atoms with E-state index in [0.29, 0.717) is 0 Å². The van der Waals surface area contributed by atoms with Crippen molar-refractivity contribution in [2.24, 2.45) is 0 Å². The monoisotopic (exact) mass is 137 g/mol. The molecule has 1 aromatic carbocycles. The highest BCUT2D eigenvalue weighted by molar-refractivity contribution is 5.49. The van der Waals surface area contributed by atoms with Crippen molar-refractivity contribution in [3.8, 4) is 0 Å². The summed E-state index contributed by atoms with van der Waals surface area (Å²) in [7, 11) is 0. The summed E-state index contributed by atoms with van der Waals surface area (Å²) < 4.78 is 0. The van der Waals surface area contributed by atoms with E-state index in [4.69, 9.17) is 0 Å². The molecule has 0 unspecified atom stereocenters. The van der Waals surface area contributed by atoms with E-state index >= 15 is 0 Å². The fraction of sp³-hybridized carbons (Fsp3) is 0.333. The number of anilines is 1. The molecule has 0 spiro atoms. The van der Waals surface area contributed by atoms with Gasteiger partial charge >= 0.3 is 0 Å². The second-order valence-corrected chi connectivity index (χ2v) is 2.35. The van der Waals surface area contributed by atoms with Crippen LogP contribution >= 0.6 is 0 Å². The van der Waals surface area contributed by atoms with Crippen molar-refractivity contribution in [3.05, 3.63) is 29.8 Å². The molecular weight excluding hydrogens is 122 g/mol. The first kappa shape index (κ1) is 7.13. The lowest BCUT2D eigenvalue weighted by Gasteiger charge is -2.04. The van der Waals surface area contributed by atoms with Crippen molar-refractivity contribution in [2.75, 3.05) is 11.9 Å². The van der Waals surface area contributed by atoms with E-state index in [2.05, 4.69) is 37.4 Å². The third-order valence-electron chi connectivity index (χ3n) is 1.51. The molecule has 0 saturated carbocycles. The standard InChI is InChI=1S/C9H13N.H2/c1-3-10-9-7-5-4-6-8(9)2;/h4-7,10H,3H2,1-2H3;1H. The maximum Gasteiger partial charge on any atom is 0.0369 e. The van der Waals surface area contributed by atoms with E-state index < -0.39 is 0 Å². The Labute approximate surface area is 63.6 Å². The van der Waals surface area contributed by atoms with Crippen molar-refractivity contribution in [1.82, 2.24) is 0 Å². The summed E-state index contributed by atoms with van der Waals surface area (Å²) in [5.74, 6) is 0. The molecule has 0 aliphatic carbocycles. The van der Waals surface area contributed by atoms with Crippen LogP contribution in [0.4, 0.5) is 5.69 Å². The van der Waals surface area contributed by atoms with Gasteiger partial charge < -0.3 is 5.32 Å². The highest BCUT2D eigenvalue weighted by atomic mass is 14.9. The van der Waals surface area contributed by atoms with E-state index in [1.165, 1.54) is 11.3 Å². The normalized spacial score (nSPS) is 9.40. The minimum atomic E-state index is 0. The van der Waals surface area contributed by atoms with Gasteiger partial charge in [-0.3, -0.25) is 0 Å². The first-order valence-electron chi connectivity index (χ1n) is 3.64. The zero-order chi connectivity index (χ0) is 7.40. The molecule has 1 N–H and O–H groups in total. The average Bonchev–Trinajstić information content (AvgIpc) is 1.94. The summed E-state index contributed by atoms with van der Waals surface area (Å²) >= 11 is 0. The molecule has 0 atom stereocenters. The molecule has 0 aliphatic heterocycles. The number of hydrogen-bond acceptors (Lipinski definition) is 1. The molecule has 1 nitrogen and oxygen atoms in total. The van der Waals surface area contributed by atoms with Gasteiger partial charge in [-0.2, -0.15) is 0 Å². The SMILES string of the molecule is CCNc1ccccc1C.[HH]. The van der Waals surface area contributed by atoms with E-state index in [1.54, 1.807) is 0 Å². The second kappa shape index (κ2) is 3.25. The van der Waals surface area contributed by atoms with E-state index in [0.717, 1.165) is 6.54 Å². The van der Waals surface area contributed by atoms with Gasteiger partial charge in [0, 0.05) is 13.7 Å². The highest BCUT2D eigenvalue weighted by Crippen LogP contribution is 2.11. The summed E-state index contributed by atoms with van der Waals surface area (Å²) in [6, 6.07) is 8.30. The fourth-order valence-corrected chi connectivity index (χ4v) is 0.962. The highest BCUT2D eigenvalue weighted by Gasteiger charge is 1.90. The van der Waals surface area contributed by atoms with Crippen LogP contribution in [0.1, 0.15) is 13.9 Å². The number of para-hydroxylation sites is 1. The van der Waals surface area contributed by atoms with Crippen molar-refractivity contribution in [2.45, 2.75) is 13.8 Å². The molecule has 1 heteroatoms. The second-order valence-electron chi connectivity index (χ2n) is 2.35. The van der Waals surface area contributed by atoms with Gasteiger partial charge in [0.25, 0.3) is 0 Å². The van der Waals surface area contributed by atoms with Crippen molar-refractivity contribution >= 4 is 5.69 Å². The molecule has 0 aliphatic rings.